The third kappa shape index (κ3) is 2.62. The number of piperidine rings is 1. The first kappa shape index (κ1) is 17.5. The molecule has 1 saturated carbocycles. The molecule has 3 aliphatic heterocycles. The van der Waals surface area contributed by atoms with Crippen LogP contribution in [0.3, 0.4) is 0 Å². The van der Waals surface area contributed by atoms with Crippen LogP contribution in [0.15, 0.2) is 30.3 Å². The number of amides is 1. The molecular formula is C22H29NO4. The number of hydrogen-bond donors (Lipinski definition) is 0. The molecule has 146 valence electrons. The molecular weight excluding hydrogens is 342 g/mol. The van der Waals surface area contributed by atoms with E-state index in [-0.39, 0.29) is 35.5 Å². The van der Waals surface area contributed by atoms with Crippen LogP contribution in [-0.4, -0.2) is 48.2 Å². The molecule has 0 radical (unpaired) electrons. The molecule has 1 aromatic rings. The minimum Gasteiger partial charge on any atom is -0.450 e. The largest absolute Gasteiger partial charge is 0.450 e. The third-order valence-corrected chi connectivity index (χ3v) is 7.15. The highest BCUT2D eigenvalue weighted by Gasteiger charge is 2.84. The maximum Gasteiger partial charge on any atom is 0.410 e. The average Bonchev–Trinajstić information content (AvgIpc) is 3.13. The molecule has 4 fully saturated rings. The van der Waals surface area contributed by atoms with Crippen LogP contribution in [0.4, 0.5) is 4.79 Å². The van der Waals surface area contributed by atoms with Gasteiger partial charge in [0.25, 0.3) is 0 Å². The maximum atomic E-state index is 12.8. The quantitative estimate of drug-likeness (QED) is 0.787. The highest BCUT2D eigenvalue weighted by atomic mass is 16.7. The summed E-state index contributed by atoms with van der Waals surface area (Å²) in [4.78, 5) is 14.8. The molecule has 4 aliphatic rings. The number of fused-ring (bicyclic) bond motifs is 1. The van der Waals surface area contributed by atoms with Gasteiger partial charge in [0, 0.05) is 18.1 Å². The summed E-state index contributed by atoms with van der Waals surface area (Å²) in [5.41, 5.74) is 1.27. The number of nitrogens with zero attached hydrogens (tertiary/aromatic N) is 1. The molecule has 5 atom stereocenters. The van der Waals surface area contributed by atoms with Gasteiger partial charge in [-0.1, -0.05) is 30.3 Å². The first-order valence-electron chi connectivity index (χ1n) is 10.5. The second kappa shape index (κ2) is 6.49. The molecule has 5 nitrogen and oxygen atoms in total. The molecule has 2 bridgehead atoms. The first-order chi connectivity index (χ1) is 13.2. The summed E-state index contributed by atoms with van der Waals surface area (Å²) in [5.74, 6) is 0. The lowest BCUT2D eigenvalue weighted by Gasteiger charge is -2.33. The smallest absolute Gasteiger partial charge is 0.410 e. The lowest BCUT2D eigenvalue weighted by Crippen LogP contribution is -2.46. The highest BCUT2D eigenvalue weighted by molar-refractivity contribution is 5.73. The van der Waals surface area contributed by atoms with Gasteiger partial charge in [0.1, 0.15) is 0 Å². The molecule has 1 spiro atoms. The van der Waals surface area contributed by atoms with Gasteiger partial charge < -0.3 is 14.2 Å². The Morgan fingerprint density at radius 1 is 1.30 bits per heavy atom. The number of carbonyl (C=O) groups excluding carboxylic acids is 1. The topological polar surface area (TPSA) is 48.0 Å². The van der Waals surface area contributed by atoms with Crippen LogP contribution in [-0.2, 0) is 20.6 Å². The van der Waals surface area contributed by atoms with Crippen molar-refractivity contribution in [1.29, 1.82) is 0 Å². The fourth-order valence-corrected chi connectivity index (χ4v) is 6.12. The first-order valence-corrected chi connectivity index (χ1v) is 10.5. The second-order valence-electron chi connectivity index (χ2n) is 8.63. The van der Waals surface area contributed by atoms with Gasteiger partial charge in [-0.15, -0.1) is 0 Å². The molecule has 3 heterocycles. The van der Waals surface area contributed by atoms with E-state index in [2.05, 4.69) is 30.3 Å². The fraction of sp³-hybridized carbons (Fsp3) is 0.682. The minimum atomic E-state index is -0.208. The Hall–Kier alpha value is -1.59. The Morgan fingerprint density at radius 2 is 2.15 bits per heavy atom. The number of hydrogen-bond acceptors (Lipinski definition) is 4. The van der Waals surface area contributed by atoms with E-state index >= 15 is 0 Å². The molecule has 5 unspecified atom stereocenters. The zero-order valence-corrected chi connectivity index (χ0v) is 16.1. The molecule has 0 N–H and O–H groups in total. The highest BCUT2D eigenvalue weighted by Crippen LogP contribution is 2.76. The van der Waals surface area contributed by atoms with Crippen molar-refractivity contribution in [3.8, 4) is 0 Å². The van der Waals surface area contributed by atoms with Crippen LogP contribution >= 0.6 is 0 Å². The Kier molecular flexibility index (Phi) is 4.21. The van der Waals surface area contributed by atoms with Crippen molar-refractivity contribution in [2.24, 2.45) is 5.41 Å². The third-order valence-electron chi connectivity index (χ3n) is 7.15. The fourth-order valence-electron chi connectivity index (χ4n) is 6.12. The number of ether oxygens (including phenoxy) is 3. The molecule has 3 saturated heterocycles. The Labute approximate surface area is 161 Å². The van der Waals surface area contributed by atoms with Crippen molar-refractivity contribution in [3.63, 3.8) is 0 Å². The van der Waals surface area contributed by atoms with Crippen molar-refractivity contribution in [2.45, 2.75) is 75.8 Å². The summed E-state index contributed by atoms with van der Waals surface area (Å²) in [6, 6.07) is 10.9. The number of carbonyl (C=O) groups is 1. The van der Waals surface area contributed by atoms with E-state index in [1.165, 1.54) is 5.56 Å². The molecule has 1 aliphatic carbocycles. The summed E-state index contributed by atoms with van der Waals surface area (Å²) in [6.07, 6.45) is 7.02. The van der Waals surface area contributed by atoms with Crippen LogP contribution < -0.4 is 0 Å². The minimum absolute atomic E-state index is 0.0625. The van der Waals surface area contributed by atoms with E-state index in [1.54, 1.807) is 0 Å². The lowest BCUT2D eigenvalue weighted by molar-refractivity contribution is -0.197. The standard InChI is InChI=1S/C22H29NO4/c1-2-25-20(24)23-17-12-18(27-19-10-6-7-11-26-19)22(23)15-21(22,14-17)13-16-8-4-3-5-9-16/h3-5,8-9,17-19H,2,6-7,10-15H2,1H3. The normalized spacial score (nSPS) is 39.3. The predicted octanol–water partition coefficient (Wildman–Crippen LogP) is 3.90. The Balaban J connectivity index is 1.41. The monoisotopic (exact) mass is 371 g/mol. The summed E-state index contributed by atoms with van der Waals surface area (Å²) >= 11 is 0. The van der Waals surface area contributed by atoms with Gasteiger partial charge >= 0.3 is 6.09 Å². The van der Waals surface area contributed by atoms with Gasteiger partial charge in [0.15, 0.2) is 6.29 Å². The number of rotatable bonds is 5. The Morgan fingerprint density at radius 3 is 2.89 bits per heavy atom. The van der Waals surface area contributed by atoms with E-state index in [0.29, 0.717) is 6.61 Å². The average molecular weight is 371 g/mol. The van der Waals surface area contributed by atoms with Crippen molar-refractivity contribution in [1.82, 2.24) is 4.90 Å². The summed E-state index contributed by atoms with van der Waals surface area (Å²) in [5, 5.41) is 0. The zero-order valence-electron chi connectivity index (χ0n) is 16.1. The van der Waals surface area contributed by atoms with Crippen molar-refractivity contribution in [2.75, 3.05) is 13.2 Å². The van der Waals surface area contributed by atoms with Gasteiger partial charge in [0.05, 0.1) is 18.2 Å². The van der Waals surface area contributed by atoms with Crippen molar-refractivity contribution < 1.29 is 19.0 Å². The summed E-state index contributed by atoms with van der Waals surface area (Å²) < 4.78 is 17.8. The number of benzene rings is 1. The van der Waals surface area contributed by atoms with Crippen LogP contribution in [0.2, 0.25) is 0 Å². The summed E-state index contributed by atoms with van der Waals surface area (Å²) in [6.45, 7) is 3.08. The van der Waals surface area contributed by atoms with Crippen LogP contribution in [0, 0.1) is 5.41 Å². The molecule has 27 heavy (non-hydrogen) atoms. The lowest BCUT2D eigenvalue weighted by atomic mass is 9.82. The van der Waals surface area contributed by atoms with Gasteiger partial charge in [-0.3, -0.25) is 4.90 Å². The van der Waals surface area contributed by atoms with Crippen LogP contribution in [0.5, 0.6) is 0 Å². The van der Waals surface area contributed by atoms with Crippen LogP contribution in [0.25, 0.3) is 0 Å². The van der Waals surface area contributed by atoms with E-state index in [9.17, 15) is 4.79 Å². The Bertz CT molecular complexity index is 704. The second-order valence-corrected chi connectivity index (χ2v) is 8.63. The van der Waals surface area contributed by atoms with E-state index in [4.69, 9.17) is 14.2 Å². The molecule has 5 rings (SSSR count). The molecule has 0 aromatic heterocycles. The van der Waals surface area contributed by atoms with E-state index in [0.717, 1.165) is 51.6 Å². The summed E-state index contributed by atoms with van der Waals surface area (Å²) in [7, 11) is 0. The molecule has 1 aromatic carbocycles. The SMILES string of the molecule is CCOC(=O)N1C2CC(OC3CCCCO3)C13CC3(Cc1ccccc1)C2. The van der Waals surface area contributed by atoms with Gasteiger partial charge in [0.2, 0.25) is 0 Å². The maximum absolute atomic E-state index is 12.8. The van der Waals surface area contributed by atoms with E-state index in [1.807, 2.05) is 11.8 Å². The van der Waals surface area contributed by atoms with Gasteiger partial charge in [-0.25, -0.2) is 4.79 Å². The van der Waals surface area contributed by atoms with Gasteiger partial charge in [-0.2, -0.15) is 0 Å². The van der Waals surface area contributed by atoms with Crippen molar-refractivity contribution in [3.05, 3.63) is 35.9 Å². The van der Waals surface area contributed by atoms with Gasteiger partial charge in [-0.05, 0) is 57.4 Å². The van der Waals surface area contributed by atoms with Crippen LogP contribution in [0.1, 0.15) is 51.0 Å². The van der Waals surface area contributed by atoms with E-state index < -0.39 is 0 Å². The zero-order chi connectivity index (χ0) is 18.5. The predicted molar refractivity (Wildman–Crippen MR) is 100 cm³/mol. The molecule has 1 amide bonds. The van der Waals surface area contributed by atoms with Crippen molar-refractivity contribution >= 4 is 6.09 Å². The molecule has 5 heteroatoms.